The number of nitrogens with one attached hydrogen (secondary N) is 1. The molecule has 2 aromatic rings. The number of para-hydroxylation sites is 1. The van der Waals surface area contributed by atoms with E-state index in [9.17, 15) is 4.39 Å². The second-order valence-electron chi connectivity index (χ2n) is 3.76. The molecular formula is C12H10Cl2FN3. The van der Waals surface area contributed by atoms with Crippen LogP contribution in [-0.4, -0.2) is 9.97 Å². The van der Waals surface area contributed by atoms with Crippen molar-refractivity contribution in [2.24, 2.45) is 0 Å². The monoisotopic (exact) mass is 285 g/mol. The van der Waals surface area contributed by atoms with Crippen LogP contribution in [0.25, 0.3) is 0 Å². The maximum atomic E-state index is 13.6. The molecule has 0 aliphatic rings. The lowest BCUT2D eigenvalue weighted by Gasteiger charge is -2.11. The average molecular weight is 286 g/mol. The summed E-state index contributed by atoms with van der Waals surface area (Å²) in [4.78, 5) is 8.32. The smallest absolute Gasteiger partial charge is 0.172 e. The number of anilines is 2. The fourth-order valence-electron chi connectivity index (χ4n) is 1.39. The van der Waals surface area contributed by atoms with E-state index in [2.05, 4.69) is 15.3 Å². The third-order valence-corrected chi connectivity index (χ3v) is 3.05. The van der Waals surface area contributed by atoms with Gasteiger partial charge in [0.2, 0.25) is 0 Å². The zero-order chi connectivity index (χ0) is 13.3. The van der Waals surface area contributed by atoms with Gasteiger partial charge in [-0.15, -0.1) is 0 Å². The van der Waals surface area contributed by atoms with Crippen LogP contribution in [0, 0.1) is 19.7 Å². The first-order valence-electron chi connectivity index (χ1n) is 5.21. The predicted octanol–water partition coefficient (Wildman–Crippen LogP) is 4.28. The van der Waals surface area contributed by atoms with Gasteiger partial charge in [-0.1, -0.05) is 29.3 Å². The first-order chi connectivity index (χ1) is 8.49. The highest BCUT2D eigenvalue weighted by Gasteiger charge is 2.12. The van der Waals surface area contributed by atoms with E-state index < -0.39 is 5.82 Å². The standard InChI is InChI=1S/C12H10Cl2FN3/c1-6-7(2)17-12(11(14)16-6)18-10-8(13)4-3-5-9(10)15/h3-5H,1-2H3,(H,17,18). The van der Waals surface area contributed by atoms with Crippen molar-refractivity contribution in [2.75, 3.05) is 5.32 Å². The van der Waals surface area contributed by atoms with Crippen LogP contribution in [0.1, 0.15) is 11.4 Å². The van der Waals surface area contributed by atoms with Gasteiger partial charge in [0.05, 0.1) is 22.1 Å². The number of aryl methyl sites for hydroxylation is 2. The van der Waals surface area contributed by atoms with Gasteiger partial charge in [-0.2, -0.15) is 0 Å². The highest BCUT2D eigenvalue weighted by Crippen LogP contribution is 2.30. The predicted molar refractivity (Wildman–Crippen MR) is 71.2 cm³/mol. The van der Waals surface area contributed by atoms with Gasteiger partial charge in [-0.25, -0.2) is 14.4 Å². The fraction of sp³-hybridized carbons (Fsp3) is 0.167. The molecule has 2 rings (SSSR count). The first kappa shape index (κ1) is 13.1. The van der Waals surface area contributed by atoms with Gasteiger partial charge in [0.25, 0.3) is 0 Å². The molecule has 0 aliphatic heterocycles. The molecule has 1 heterocycles. The van der Waals surface area contributed by atoms with Crippen molar-refractivity contribution in [3.63, 3.8) is 0 Å². The molecule has 6 heteroatoms. The number of aromatic nitrogens is 2. The number of nitrogens with zero attached hydrogens (tertiary/aromatic N) is 2. The van der Waals surface area contributed by atoms with E-state index in [0.717, 1.165) is 11.4 Å². The summed E-state index contributed by atoms with van der Waals surface area (Å²) in [5.41, 5.74) is 1.58. The summed E-state index contributed by atoms with van der Waals surface area (Å²) in [5, 5.41) is 3.20. The molecule has 1 N–H and O–H groups in total. The van der Waals surface area contributed by atoms with Crippen LogP contribution in [0.5, 0.6) is 0 Å². The van der Waals surface area contributed by atoms with Crippen LogP contribution >= 0.6 is 23.2 Å². The lowest BCUT2D eigenvalue weighted by atomic mass is 10.3. The summed E-state index contributed by atoms with van der Waals surface area (Å²) in [7, 11) is 0. The third kappa shape index (κ3) is 2.54. The highest BCUT2D eigenvalue weighted by molar-refractivity contribution is 6.34. The number of rotatable bonds is 2. The van der Waals surface area contributed by atoms with Crippen molar-refractivity contribution in [1.82, 2.24) is 9.97 Å². The second-order valence-corrected chi connectivity index (χ2v) is 4.52. The normalized spacial score (nSPS) is 10.5. The summed E-state index contributed by atoms with van der Waals surface area (Å²) >= 11 is 11.9. The molecule has 94 valence electrons. The molecule has 0 unspecified atom stereocenters. The van der Waals surface area contributed by atoms with E-state index in [4.69, 9.17) is 23.2 Å². The number of benzene rings is 1. The molecule has 0 aliphatic carbocycles. The lowest BCUT2D eigenvalue weighted by Crippen LogP contribution is -2.02. The van der Waals surface area contributed by atoms with E-state index in [1.807, 2.05) is 0 Å². The molecule has 3 nitrogen and oxygen atoms in total. The Morgan fingerprint density at radius 2 is 1.78 bits per heavy atom. The Hall–Kier alpha value is -1.39. The maximum Gasteiger partial charge on any atom is 0.172 e. The van der Waals surface area contributed by atoms with E-state index in [0.29, 0.717) is 0 Å². The molecule has 0 saturated carbocycles. The minimum atomic E-state index is -0.474. The maximum absolute atomic E-state index is 13.6. The van der Waals surface area contributed by atoms with Gasteiger partial charge in [-0.05, 0) is 26.0 Å². The largest absolute Gasteiger partial charge is 0.334 e. The summed E-state index contributed by atoms with van der Waals surface area (Å²) in [6, 6.07) is 4.41. The minimum Gasteiger partial charge on any atom is -0.334 e. The second kappa shape index (κ2) is 5.08. The van der Waals surface area contributed by atoms with Crippen LogP contribution in [0.4, 0.5) is 15.9 Å². The van der Waals surface area contributed by atoms with Crippen LogP contribution < -0.4 is 5.32 Å². The zero-order valence-corrected chi connectivity index (χ0v) is 11.3. The van der Waals surface area contributed by atoms with Gasteiger partial charge in [0.1, 0.15) is 5.82 Å². The molecule has 0 atom stereocenters. The van der Waals surface area contributed by atoms with Crippen LogP contribution in [0.2, 0.25) is 10.2 Å². The van der Waals surface area contributed by atoms with Gasteiger partial charge >= 0.3 is 0 Å². The molecule has 1 aromatic heterocycles. The summed E-state index contributed by atoms with van der Waals surface area (Å²) in [6.07, 6.45) is 0. The Balaban J connectivity index is 2.43. The summed E-state index contributed by atoms with van der Waals surface area (Å²) < 4.78 is 13.6. The van der Waals surface area contributed by atoms with Crippen LogP contribution in [-0.2, 0) is 0 Å². The van der Waals surface area contributed by atoms with Crippen molar-refractivity contribution < 1.29 is 4.39 Å². The molecule has 0 spiro atoms. The van der Waals surface area contributed by atoms with E-state index in [1.165, 1.54) is 12.1 Å². The Kier molecular flexibility index (Phi) is 3.68. The van der Waals surface area contributed by atoms with Crippen LogP contribution in [0.15, 0.2) is 18.2 Å². The van der Waals surface area contributed by atoms with Gasteiger partial charge in [-0.3, -0.25) is 0 Å². The van der Waals surface area contributed by atoms with Gasteiger partial charge in [0, 0.05) is 0 Å². The molecule has 0 radical (unpaired) electrons. The van der Waals surface area contributed by atoms with Crippen molar-refractivity contribution in [3.8, 4) is 0 Å². The molecule has 0 bridgehead atoms. The quantitative estimate of drug-likeness (QED) is 0.895. The Labute approximate surface area is 114 Å². The molecule has 0 saturated heterocycles. The first-order valence-corrected chi connectivity index (χ1v) is 5.96. The van der Waals surface area contributed by atoms with E-state index >= 15 is 0 Å². The third-order valence-electron chi connectivity index (χ3n) is 2.47. The number of halogens is 3. The highest BCUT2D eigenvalue weighted by atomic mass is 35.5. The molecule has 0 fully saturated rings. The van der Waals surface area contributed by atoms with Gasteiger partial charge < -0.3 is 5.32 Å². The topological polar surface area (TPSA) is 37.8 Å². The Morgan fingerprint density at radius 1 is 1.11 bits per heavy atom. The molecule has 18 heavy (non-hydrogen) atoms. The Morgan fingerprint density at radius 3 is 2.44 bits per heavy atom. The average Bonchev–Trinajstić information content (AvgIpc) is 2.30. The minimum absolute atomic E-state index is 0.138. The van der Waals surface area contributed by atoms with E-state index in [-0.39, 0.29) is 21.7 Å². The van der Waals surface area contributed by atoms with Crippen LogP contribution in [0.3, 0.4) is 0 Å². The molecular weight excluding hydrogens is 276 g/mol. The summed E-state index contributed by atoms with van der Waals surface area (Å²) in [6.45, 7) is 3.60. The fourth-order valence-corrected chi connectivity index (χ4v) is 1.82. The number of hydrogen-bond acceptors (Lipinski definition) is 3. The molecule has 1 aromatic carbocycles. The zero-order valence-electron chi connectivity index (χ0n) is 9.76. The Bertz CT molecular complexity index is 582. The van der Waals surface area contributed by atoms with Crippen molar-refractivity contribution in [2.45, 2.75) is 13.8 Å². The SMILES string of the molecule is Cc1nc(Cl)c(Nc2c(F)cccc2Cl)nc1C. The lowest BCUT2D eigenvalue weighted by molar-refractivity contribution is 0.632. The molecule has 0 amide bonds. The van der Waals surface area contributed by atoms with E-state index in [1.54, 1.807) is 19.9 Å². The number of hydrogen-bond donors (Lipinski definition) is 1. The van der Waals surface area contributed by atoms with Gasteiger partial charge in [0.15, 0.2) is 11.0 Å². The van der Waals surface area contributed by atoms with Crippen molar-refractivity contribution >= 4 is 34.7 Å². The van der Waals surface area contributed by atoms with Crippen molar-refractivity contribution in [3.05, 3.63) is 45.6 Å². The summed E-state index contributed by atoms with van der Waals surface area (Å²) in [5.74, 6) is -0.189. The van der Waals surface area contributed by atoms with Crippen molar-refractivity contribution in [1.29, 1.82) is 0 Å².